The lowest BCUT2D eigenvalue weighted by molar-refractivity contribution is 0.242. The van der Waals surface area contributed by atoms with Gasteiger partial charge in [0.05, 0.1) is 6.10 Å². The third-order valence-corrected chi connectivity index (χ3v) is 3.92. The Labute approximate surface area is 158 Å². The zero-order valence-corrected chi connectivity index (χ0v) is 15.9. The second kappa shape index (κ2) is 7.94. The number of urea groups is 1. The van der Waals surface area contributed by atoms with Crippen molar-refractivity contribution in [3.63, 3.8) is 0 Å². The maximum absolute atomic E-state index is 12.2. The molecule has 0 saturated carbocycles. The minimum Gasteiger partial charge on any atom is -0.491 e. The minimum atomic E-state index is -0.299. The molecule has 8 nitrogen and oxygen atoms in total. The van der Waals surface area contributed by atoms with Gasteiger partial charge in [-0.1, -0.05) is 12.1 Å². The number of hydrogen-bond donors (Lipinski definition) is 2. The molecule has 2 heterocycles. The van der Waals surface area contributed by atoms with E-state index in [-0.39, 0.29) is 12.1 Å². The Morgan fingerprint density at radius 3 is 2.59 bits per heavy atom. The molecular formula is C19H24N6O2. The lowest BCUT2D eigenvalue weighted by Crippen LogP contribution is -2.29. The van der Waals surface area contributed by atoms with Gasteiger partial charge in [-0.05, 0) is 31.5 Å². The van der Waals surface area contributed by atoms with E-state index in [1.54, 1.807) is 24.0 Å². The number of hydrogen-bond acceptors (Lipinski definition) is 4. The Hall–Kier alpha value is -3.29. The second-order valence-electron chi connectivity index (χ2n) is 6.52. The molecule has 0 radical (unpaired) electrons. The van der Waals surface area contributed by atoms with E-state index in [1.165, 1.54) is 0 Å². The van der Waals surface area contributed by atoms with Crippen LogP contribution in [-0.4, -0.2) is 31.5 Å². The average molecular weight is 368 g/mol. The quantitative estimate of drug-likeness (QED) is 0.700. The smallest absolute Gasteiger partial charge is 0.320 e. The number of ether oxygens (including phenoxy) is 1. The van der Waals surface area contributed by atoms with Gasteiger partial charge in [0.25, 0.3) is 0 Å². The molecular weight excluding hydrogens is 344 g/mol. The molecule has 0 atom stereocenters. The van der Waals surface area contributed by atoms with Crippen molar-refractivity contribution in [3.8, 4) is 17.3 Å². The summed E-state index contributed by atoms with van der Waals surface area (Å²) in [6.45, 7) is 4.38. The number of nitrogens with one attached hydrogen (secondary N) is 2. The van der Waals surface area contributed by atoms with Gasteiger partial charge in [0.2, 0.25) is 0 Å². The van der Waals surface area contributed by atoms with Crippen LogP contribution in [0.3, 0.4) is 0 Å². The number of aryl methyl sites for hydroxylation is 2. The monoisotopic (exact) mass is 368 g/mol. The van der Waals surface area contributed by atoms with Crippen LogP contribution in [0.4, 0.5) is 10.6 Å². The van der Waals surface area contributed by atoms with Crippen LogP contribution in [0.25, 0.3) is 11.5 Å². The Morgan fingerprint density at radius 2 is 1.96 bits per heavy atom. The van der Waals surface area contributed by atoms with E-state index >= 15 is 0 Å². The maximum atomic E-state index is 12.2. The van der Waals surface area contributed by atoms with Gasteiger partial charge in [-0.15, -0.1) is 0 Å². The van der Waals surface area contributed by atoms with Crippen molar-refractivity contribution in [2.75, 3.05) is 5.32 Å². The van der Waals surface area contributed by atoms with Gasteiger partial charge >= 0.3 is 6.03 Å². The molecule has 0 spiro atoms. The molecule has 1 aromatic carbocycles. The van der Waals surface area contributed by atoms with Crippen LogP contribution in [0, 0.1) is 0 Å². The van der Waals surface area contributed by atoms with Gasteiger partial charge in [-0.2, -0.15) is 5.10 Å². The zero-order chi connectivity index (χ0) is 19.4. The van der Waals surface area contributed by atoms with E-state index in [2.05, 4.69) is 20.7 Å². The number of benzene rings is 1. The van der Waals surface area contributed by atoms with E-state index in [4.69, 9.17) is 4.74 Å². The molecule has 0 saturated heterocycles. The van der Waals surface area contributed by atoms with Crippen LogP contribution < -0.4 is 15.4 Å². The molecule has 0 bridgehead atoms. The van der Waals surface area contributed by atoms with Crippen molar-refractivity contribution < 1.29 is 9.53 Å². The highest BCUT2D eigenvalue weighted by molar-refractivity contribution is 5.88. The van der Waals surface area contributed by atoms with Gasteiger partial charge in [-0.25, -0.2) is 9.78 Å². The van der Waals surface area contributed by atoms with Crippen LogP contribution in [0.1, 0.15) is 19.4 Å². The number of anilines is 1. The number of imidazole rings is 1. The van der Waals surface area contributed by atoms with E-state index in [0.29, 0.717) is 18.1 Å². The summed E-state index contributed by atoms with van der Waals surface area (Å²) in [6, 6.07) is 9.15. The third kappa shape index (κ3) is 4.66. The molecule has 3 rings (SSSR count). The Kier molecular flexibility index (Phi) is 5.44. The molecule has 0 fully saturated rings. The molecule has 0 aliphatic carbocycles. The topological polar surface area (TPSA) is 86.0 Å². The highest BCUT2D eigenvalue weighted by Crippen LogP contribution is 2.19. The van der Waals surface area contributed by atoms with E-state index in [9.17, 15) is 4.79 Å². The third-order valence-electron chi connectivity index (χ3n) is 3.92. The van der Waals surface area contributed by atoms with Crippen molar-refractivity contribution >= 4 is 11.8 Å². The molecule has 0 aliphatic rings. The van der Waals surface area contributed by atoms with E-state index in [1.807, 2.05) is 55.9 Å². The number of aromatic nitrogens is 4. The minimum absolute atomic E-state index is 0.134. The fraction of sp³-hybridized carbons (Fsp3) is 0.316. The molecule has 8 heteroatoms. The lowest BCUT2D eigenvalue weighted by Gasteiger charge is -2.11. The van der Waals surface area contributed by atoms with Crippen LogP contribution in [0.15, 0.2) is 42.7 Å². The van der Waals surface area contributed by atoms with Crippen molar-refractivity contribution in [2.24, 2.45) is 14.1 Å². The average Bonchev–Trinajstić information content (AvgIpc) is 3.19. The second-order valence-corrected chi connectivity index (χ2v) is 6.52. The Morgan fingerprint density at radius 1 is 1.22 bits per heavy atom. The fourth-order valence-electron chi connectivity index (χ4n) is 2.61. The van der Waals surface area contributed by atoms with Gasteiger partial charge in [0, 0.05) is 39.1 Å². The Bertz CT molecular complexity index is 911. The van der Waals surface area contributed by atoms with Crippen molar-refractivity contribution in [2.45, 2.75) is 26.5 Å². The summed E-state index contributed by atoms with van der Waals surface area (Å²) in [4.78, 5) is 16.5. The largest absolute Gasteiger partial charge is 0.491 e. The maximum Gasteiger partial charge on any atom is 0.320 e. The molecule has 2 amide bonds. The standard InChI is InChI=1S/C19H24N6O2/c1-13(2)27-15-7-5-14(6-8-15)12-21-19(26)22-17-11-16(23-25(17)4)18-20-9-10-24(18)3/h5-11,13H,12H2,1-4H3,(H2,21,22,26). The first-order valence-electron chi connectivity index (χ1n) is 8.74. The van der Waals surface area contributed by atoms with Crippen molar-refractivity contribution in [1.29, 1.82) is 0 Å². The number of carbonyl (C=O) groups excluding carboxylic acids is 1. The summed E-state index contributed by atoms with van der Waals surface area (Å²) < 4.78 is 9.10. The normalized spacial score (nSPS) is 10.9. The summed E-state index contributed by atoms with van der Waals surface area (Å²) in [5.41, 5.74) is 1.68. The summed E-state index contributed by atoms with van der Waals surface area (Å²) in [6.07, 6.45) is 3.69. The predicted octanol–water partition coefficient (Wildman–Crippen LogP) is 2.93. The molecule has 142 valence electrons. The van der Waals surface area contributed by atoms with Gasteiger partial charge in [0.15, 0.2) is 5.82 Å². The van der Waals surface area contributed by atoms with Crippen LogP contribution >= 0.6 is 0 Å². The predicted molar refractivity (Wildman–Crippen MR) is 103 cm³/mol. The van der Waals surface area contributed by atoms with E-state index < -0.39 is 0 Å². The molecule has 3 aromatic rings. The Balaban J connectivity index is 1.57. The first-order chi connectivity index (χ1) is 12.9. The number of nitrogens with zero attached hydrogens (tertiary/aromatic N) is 4. The molecule has 27 heavy (non-hydrogen) atoms. The number of amides is 2. The highest BCUT2D eigenvalue weighted by atomic mass is 16.5. The first-order valence-corrected chi connectivity index (χ1v) is 8.74. The molecule has 0 unspecified atom stereocenters. The number of rotatable bonds is 6. The lowest BCUT2D eigenvalue weighted by atomic mass is 10.2. The SMILES string of the molecule is CC(C)Oc1ccc(CNC(=O)Nc2cc(-c3nccn3C)nn2C)cc1. The van der Waals surface area contributed by atoms with Crippen LogP contribution in [0.2, 0.25) is 0 Å². The van der Waals surface area contributed by atoms with E-state index in [0.717, 1.165) is 17.1 Å². The summed E-state index contributed by atoms with van der Waals surface area (Å²) in [7, 11) is 3.67. The van der Waals surface area contributed by atoms with Crippen molar-refractivity contribution in [3.05, 3.63) is 48.3 Å². The van der Waals surface area contributed by atoms with Crippen LogP contribution in [-0.2, 0) is 20.6 Å². The highest BCUT2D eigenvalue weighted by Gasteiger charge is 2.12. The van der Waals surface area contributed by atoms with Crippen molar-refractivity contribution in [1.82, 2.24) is 24.6 Å². The van der Waals surface area contributed by atoms with Gasteiger partial charge < -0.3 is 14.6 Å². The summed E-state index contributed by atoms with van der Waals surface area (Å²) in [5, 5.41) is 10.0. The number of carbonyl (C=O) groups is 1. The summed E-state index contributed by atoms with van der Waals surface area (Å²) in [5.74, 6) is 2.14. The summed E-state index contributed by atoms with van der Waals surface area (Å²) >= 11 is 0. The molecule has 0 aliphatic heterocycles. The van der Waals surface area contributed by atoms with Crippen LogP contribution in [0.5, 0.6) is 5.75 Å². The first kappa shape index (κ1) is 18.5. The van der Waals surface area contributed by atoms with Gasteiger partial charge in [-0.3, -0.25) is 10.00 Å². The fourth-order valence-corrected chi connectivity index (χ4v) is 2.61. The molecule has 2 N–H and O–H groups in total. The zero-order valence-electron chi connectivity index (χ0n) is 15.9. The van der Waals surface area contributed by atoms with Gasteiger partial charge in [0.1, 0.15) is 17.3 Å². The molecule has 2 aromatic heterocycles.